The molecule has 1 aromatic heterocycles. The first-order valence-electron chi connectivity index (χ1n) is 12.3. The largest absolute Gasteiger partial charge is 0.493 e. The fraction of sp³-hybridized carbons (Fsp3) is 0.138. The Morgan fingerprint density at radius 3 is 2.37 bits per heavy atom. The van der Waals surface area contributed by atoms with Gasteiger partial charge in [0.05, 0.1) is 36.1 Å². The highest BCUT2D eigenvalue weighted by Gasteiger charge is 2.30. The number of nitrogens with zero attached hydrogens (tertiary/aromatic N) is 2. The number of carbonyl (C=O) groups is 2. The van der Waals surface area contributed by atoms with Crippen LogP contribution in [0.4, 0.5) is 15.8 Å². The molecule has 10 nitrogen and oxygen atoms in total. The minimum Gasteiger partial charge on any atom is -0.493 e. The van der Waals surface area contributed by atoms with Crippen LogP contribution in [0.1, 0.15) is 15.9 Å². The molecule has 2 amide bonds. The molecule has 0 aliphatic heterocycles. The number of ether oxygens (including phenoxy) is 2. The van der Waals surface area contributed by atoms with Gasteiger partial charge in [0.1, 0.15) is 12.4 Å². The van der Waals surface area contributed by atoms with Crippen LogP contribution >= 0.6 is 0 Å². The predicted octanol–water partition coefficient (Wildman–Crippen LogP) is 4.00. The Kier molecular flexibility index (Phi) is 9.15. The number of rotatable bonds is 11. The average Bonchev–Trinajstić information content (AvgIpc) is 2.99. The van der Waals surface area contributed by atoms with Crippen LogP contribution in [0.5, 0.6) is 11.5 Å². The van der Waals surface area contributed by atoms with E-state index in [-0.39, 0.29) is 34.1 Å². The number of pyridine rings is 1. The molecule has 0 unspecified atom stereocenters. The quantitative estimate of drug-likeness (QED) is 0.275. The smallest absolute Gasteiger partial charge is 0.265 e. The Labute approximate surface area is 236 Å². The molecule has 0 saturated carbocycles. The normalized spacial score (nSPS) is 10.9. The van der Waals surface area contributed by atoms with Crippen LogP contribution in [0.15, 0.2) is 96.2 Å². The number of hydrogen-bond acceptors (Lipinski definition) is 7. The molecule has 0 fully saturated rings. The van der Waals surface area contributed by atoms with E-state index in [0.29, 0.717) is 10.1 Å². The molecule has 41 heavy (non-hydrogen) atoms. The SMILES string of the molecule is COc1ccc(S(=O)(=O)N(CC(=O)Nc2ccccc2C(=O)NCc2cccnc2)c2ccccc2F)cc1OC. The number of methoxy groups -OCH3 is 2. The van der Waals surface area contributed by atoms with Crippen LogP contribution < -0.4 is 24.4 Å². The van der Waals surface area contributed by atoms with Crippen LogP contribution in [0.3, 0.4) is 0 Å². The van der Waals surface area contributed by atoms with Crippen LogP contribution in [-0.4, -0.2) is 46.0 Å². The second-order valence-electron chi connectivity index (χ2n) is 8.62. The van der Waals surface area contributed by atoms with Crippen molar-refractivity contribution >= 4 is 33.2 Å². The van der Waals surface area contributed by atoms with Crippen molar-refractivity contribution in [2.45, 2.75) is 11.4 Å². The molecule has 2 N–H and O–H groups in total. The lowest BCUT2D eigenvalue weighted by Crippen LogP contribution is -2.39. The second kappa shape index (κ2) is 12.9. The zero-order chi connectivity index (χ0) is 29.4. The Bertz CT molecular complexity index is 1650. The van der Waals surface area contributed by atoms with Gasteiger partial charge in [-0.25, -0.2) is 12.8 Å². The van der Waals surface area contributed by atoms with E-state index in [2.05, 4.69) is 15.6 Å². The Hall–Kier alpha value is -4.97. The van der Waals surface area contributed by atoms with Gasteiger partial charge in [0, 0.05) is 25.0 Å². The number of halogens is 1. The predicted molar refractivity (Wildman–Crippen MR) is 151 cm³/mol. The summed E-state index contributed by atoms with van der Waals surface area (Å²) in [5.74, 6) is -1.68. The summed E-state index contributed by atoms with van der Waals surface area (Å²) in [4.78, 5) is 29.9. The molecule has 3 aromatic carbocycles. The highest BCUT2D eigenvalue weighted by molar-refractivity contribution is 7.92. The molecule has 212 valence electrons. The molecule has 0 atom stereocenters. The van der Waals surface area contributed by atoms with Gasteiger partial charge in [-0.1, -0.05) is 30.3 Å². The Balaban J connectivity index is 1.61. The summed E-state index contributed by atoms with van der Waals surface area (Å²) in [6, 6.07) is 18.9. The van der Waals surface area contributed by atoms with Gasteiger partial charge in [0.15, 0.2) is 11.5 Å². The van der Waals surface area contributed by atoms with Crippen LogP contribution in [0, 0.1) is 5.82 Å². The number of amides is 2. The van der Waals surface area contributed by atoms with E-state index < -0.39 is 34.2 Å². The van der Waals surface area contributed by atoms with Crippen molar-refractivity contribution in [3.8, 4) is 11.5 Å². The Morgan fingerprint density at radius 1 is 0.927 bits per heavy atom. The molecule has 12 heteroatoms. The molecule has 0 saturated heterocycles. The highest BCUT2D eigenvalue weighted by Crippen LogP contribution is 2.33. The summed E-state index contributed by atoms with van der Waals surface area (Å²) in [6.45, 7) is -0.581. The molecule has 1 heterocycles. The average molecular weight is 579 g/mol. The van der Waals surface area contributed by atoms with Crippen LogP contribution in [0.25, 0.3) is 0 Å². The lowest BCUT2D eigenvalue weighted by atomic mass is 10.1. The van der Waals surface area contributed by atoms with Gasteiger partial charge in [-0.05, 0) is 48.0 Å². The first-order chi connectivity index (χ1) is 19.7. The monoisotopic (exact) mass is 578 g/mol. The van der Waals surface area contributed by atoms with Crippen molar-refractivity contribution < 1.29 is 31.9 Å². The molecular weight excluding hydrogens is 551 g/mol. The van der Waals surface area contributed by atoms with E-state index >= 15 is 0 Å². The number of benzene rings is 3. The van der Waals surface area contributed by atoms with Crippen LogP contribution in [-0.2, 0) is 21.4 Å². The van der Waals surface area contributed by atoms with Gasteiger partial charge in [-0.15, -0.1) is 0 Å². The molecule has 0 radical (unpaired) electrons. The van der Waals surface area contributed by atoms with Crippen molar-refractivity contribution in [1.82, 2.24) is 10.3 Å². The third kappa shape index (κ3) is 6.79. The zero-order valence-electron chi connectivity index (χ0n) is 22.2. The van der Waals surface area contributed by atoms with E-state index in [1.807, 2.05) is 0 Å². The number of nitrogens with one attached hydrogen (secondary N) is 2. The first-order valence-corrected chi connectivity index (χ1v) is 13.7. The third-order valence-corrected chi connectivity index (χ3v) is 7.73. The van der Waals surface area contributed by atoms with Gasteiger partial charge in [0.2, 0.25) is 5.91 Å². The fourth-order valence-corrected chi connectivity index (χ4v) is 5.39. The number of aromatic nitrogens is 1. The summed E-state index contributed by atoms with van der Waals surface area (Å²) >= 11 is 0. The summed E-state index contributed by atoms with van der Waals surface area (Å²) in [7, 11) is -1.73. The van der Waals surface area contributed by atoms with E-state index in [0.717, 1.165) is 11.6 Å². The molecule has 4 aromatic rings. The summed E-state index contributed by atoms with van der Waals surface area (Å²) in [6.07, 6.45) is 3.23. The number of para-hydroxylation sites is 2. The zero-order valence-corrected chi connectivity index (χ0v) is 23.0. The van der Waals surface area contributed by atoms with Gasteiger partial charge in [0.25, 0.3) is 15.9 Å². The summed E-state index contributed by atoms with van der Waals surface area (Å²) in [5, 5.41) is 5.35. The molecule has 4 rings (SSSR count). The molecule has 0 aliphatic rings. The maximum Gasteiger partial charge on any atom is 0.265 e. The molecule has 0 aliphatic carbocycles. The van der Waals surface area contributed by atoms with E-state index in [1.54, 1.807) is 36.7 Å². The lowest BCUT2D eigenvalue weighted by Gasteiger charge is -2.25. The maximum absolute atomic E-state index is 14.9. The van der Waals surface area contributed by atoms with E-state index in [9.17, 15) is 22.4 Å². The second-order valence-corrected chi connectivity index (χ2v) is 10.5. The van der Waals surface area contributed by atoms with Gasteiger partial charge in [-0.2, -0.15) is 0 Å². The molecule has 0 bridgehead atoms. The summed E-state index contributed by atoms with van der Waals surface area (Å²) in [5.41, 5.74) is 0.756. The molecule has 0 spiro atoms. The van der Waals surface area contributed by atoms with E-state index in [1.165, 1.54) is 62.8 Å². The van der Waals surface area contributed by atoms with Gasteiger partial charge >= 0.3 is 0 Å². The van der Waals surface area contributed by atoms with Crippen molar-refractivity contribution in [3.05, 3.63) is 108 Å². The van der Waals surface area contributed by atoms with Crippen molar-refractivity contribution in [3.63, 3.8) is 0 Å². The number of anilines is 2. The fourth-order valence-electron chi connectivity index (χ4n) is 3.95. The highest BCUT2D eigenvalue weighted by atomic mass is 32.2. The number of hydrogen-bond donors (Lipinski definition) is 2. The minimum absolute atomic E-state index is 0.137. The first kappa shape index (κ1) is 29.0. The number of carbonyl (C=O) groups excluding carboxylic acids is 2. The lowest BCUT2D eigenvalue weighted by molar-refractivity contribution is -0.114. The molecular formula is C29H27FN4O6S. The third-order valence-electron chi connectivity index (χ3n) is 5.97. The van der Waals surface area contributed by atoms with Crippen molar-refractivity contribution in [2.24, 2.45) is 0 Å². The van der Waals surface area contributed by atoms with Gasteiger partial charge in [-0.3, -0.25) is 18.9 Å². The van der Waals surface area contributed by atoms with Crippen molar-refractivity contribution in [2.75, 3.05) is 30.4 Å². The maximum atomic E-state index is 14.9. The number of sulfonamides is 1. The van der Waals surface area contributed by atoms with Gasteiger partial charge < -0.3 is 20.1 Å². The Morgan fingerprint density at radius 2 is 1.66 bits per heavy atom. The van der Waals surface area contributed by atoms with Crippen molar-refractivity contribution in [1.29, 1.82) is 0 Å². The summed E-state index contributed by atoms with van der Waals surface area (Å²) < 4.78 is 53.4. The van der Waals surface area contributed by atoms with E-state index in [4.69, 9.17) is 9.47 Å². The minimum atomic E-state index is -4.48. The standard InChI is InChI=1S/C29H27FN4O6S/c1-39-26-14-13-21(16-27(26)40-2)41(37,38)34(25-12-6-4-10-23(25)30)19-28(35)33-24-11-5-3-9-22(24)29(36)32-18-20-8-7-15-31-17-20/h3-17H,18-19H2,1-2H3,(H,32,36)(H,33,35). The topological polar surface area (TPSA) is 127 Å². The van der Waals surface area contributed by atoms with Crippen LogP contribution in [0.2, 0.25) is 0 Å².